The number of carboxylic acid groups (broad SMARTS) is 1. The minimum absolute atomic E-state index is 0.0507. The van der Waals surface area contributed by atoms with Crippen LogP contribution >= 0.6 is 43.2 Å². The van der Waals surface area contributed by atoms with Crippen LogP contribution in [0.3, 0.4) is 0 Å². The maximum absolute atomic E-state index is 12.1. The molecule has 0 fully saturated rings. The lowest BCUT2D eigenvalue weighted by atomic mass is 10.3. The quantitative estimate of drug-likeness (QED) is 0.757. The van der Waals surface area contributed by atoms with E-state index in [1.54, 1.807) is 18.2 Å². The normalized spacial score (nSPS) is 11.3. The van der Waals surface area contributed by atoms with Crippen molar-refractivity contribution in [3.63, 3.8) is 0 Å². The van der Waals surface area contributed by atoms with Gasteiger partial charge in [-0.2, -0.15) is 0 Å². The van der Waals surface area contributed by atoms with Crippen LogP contribution in [0.15, 0.2) is 42.8 Å². The van der Waals surface area contributed by atoms with Crippen LogP contribution in [0.1, 0.15) is 10.4 Å². The van der Waals surface area contributed by atoms with Crippen LogP contribution in [0.2, 0.25) is 0 Å². The maximum atomic E-state index is 12.1. The van der Waals surface area contributed by atoms with E-state index in [1.807, 2.05) is 0 Å². The Morgan fingerprint density at radius 2 is 1.95 bits per heavy atom. The van der Waals surface area contributed by atoms with Crippen molar-refractivity contribution in [1.82, 2.24) is 0 Å². The Morgan fingerprint density at radius 1 is 1.25 bits per heavy atom. The molecule has 0 saturated carbocycles. The molecule has 1 aromatic heterocycles. The second-order valence-corrected chi connectivity index (χ2v) is 8.28. The molecule has 0 unspecified atom stereocenters. The molecule has 20 heavy (non-hydrogen) atoms. The van der Waals surface area contributed by atoms with E-state index in [-0.39, 0.29) is 9.77 Å². The topological polar surface area (TPSA) is 83.5 Å². The van der Waals surface area contributed by atoms with E-state index in [1.165, 1.54) is 5.38 Å². The lowest BCUT2D eigenvalue weighted by molar-refractivity contribution is 0.0697. The van der Waals surface area contributed by atoms with E-state index in [0.717, 1.165) is 21.9 Å². The predicted molar refractivity (Wildman–Crippen MR) is 83.9 cm³/mol. The molecular weight excluding hydrogens is 434 g/mol. The summed E-state index contributed by atoms with van der Waals surface area (Å²) in [7, 11) is -3.80. The number of thiophene rings is 1. The lowest BCUT2D eigenvalue weighted by Crippen LogP contribution is -2.12. The number of nitrogens with one attached hydrogen (secondary N) is 1. The van der Waals surface area contributed by atoms with Gasteiger partial charge in [0.1, 0.15) is 4.21 Å². The summed E-state index contributed by atoms with van der Waals surface area (Å²) in [6.07, 6.45) is 0. The molecule has 0 radical (unpaired) electrons. The van der Waals surface area contributed by atoms with Gasteiger partial charge in [-0.3, -0.25) is 4.72 Å². The number of hydrogen-bond donors (Lipinski definition) is 2. The zero-order valence-electron chi connectivity index (χ0n) is 9.63. The van der Waals surface area contributed by atoms with Gasteiger partial charge in [0.2, 0.25) is 0 Å². The number of anilines is 1. The first-order chi connectivity index (χ1) is 9.29. The molecule has 2 N–H and O–H groups in total. The number of rotatable bonds is 4. The number of carboxylic acids is 1. The molecule has 0 aliphatic heterocycles. The van der Waals surface area contributed by atoms with Gasteiger partial charge in [0.15, 0.2) is 0 Å². The van der Waals surface area contributed by atoms with Crippen molar-refractivity contribution in [1.29, 1.82) is 0 Å². The molecule has 0 amide bonds. The molecule has 2 rings (SSSR count). The van der Waals surface area contributed by atoms with E-state index in [4.69, 9.17) is 5.11 Å². The number of sulfonamides is 1. The van der Waals surface area contributed by atoms with Crippen LogP contribution in [-0.2, 0) is 10.0 Å². The summed E-state index contributed by atoms with van der Waals surface area (Å²) in [5.74, 6) is -1.16. The molecule has 0 aliphatic rings. The molecule has 106 valence electrons. The smallest absolute Gasteiger partial charge is 0.336 e. The van der Waals surface area contributed by atoms with Gasteiger partial charge in [0.25, 0.3) is 10.0 Å². The highest BCUT2D eigenvalue weighted by Crippen LogP contribution is 2.29. The average molecular weight is 441 g/mol. The standard InChI is InChI=1S/C11H7Br2NO4S2/c12-7-1-2-9(8(13)4-7)14-20(17,18)10-3-6(5-19-10)11(15)16/h1-5,14H,(H,15,16). The fraction of sp³-hybridized carbons (Fsp3) is 0. The van der Waals surface area contributed by atoms with Gasteiger partial charge in [0.05, 0.1) is 11.3 Å². The SMILES string of the molecule is O=C(O)c1csc(S(=O)(=O)Nc2ccc(Br)cc2Br)c1. The Kier molecular flexibility index (Phi) is 4.52. The Bertz CT molecular complexity index is 770. The summed E-state index contributed by atoms with van der Waals surface area (Å²) in [4.78, 5) is 10.8. The van der Waals surface area contributed by atoms with Crippen molar-refractivity contribution >= 4 is 64.9 Å². The predicted octanol–water partition coefficient (Wildman–Crippen LogP) is 3.77. The first kappa shape index (κ1) is 15.5. The maximum Gasteiger partial charge on any atom is 0.336 e. The lowest BCUT2D eigenvalue weighted by Gasteiger charge is -2.08. The molecular formula is C11H7Br2NO4S2. The monoisotopic (exact) mass is 439 g/mol. The first-order valence-corrected chi connectivity index (χ1v) is 9.04. The highest BCUT2D eigenvalue weighted by atomic mass is 79.9. The van der Waals surface area contributed by atoms with Crippen molar-refractivity contribution in [2.45, 2.75) is 4.21 Å². The molecule has 1 heterocycles. The minimum Gasteiger partial charge on any atom is -0.478 e. The second-order valence-electron chi connectivity index (χ2n) is 3.69. The molecule has 0 aliphatic carbocycles. The fourth-order valence-corrected chi connectivity index (χ4v) is 4.85. The largest absolute Gasteiger partial charge is 0.478 e. The summed E-state index contributed by atoms with van der Waals surface area (Å²) in [5.41, 5.74) is 0.323. The molecule has 9 heteroatoms. The summed E-state index contributed by atoms with van der Waals surface area (Å²) >= 11 is 7.38. The fourth-order valence-electron chi connectivity index (χ4n) is 1.34. The number of hydrogen-bond acceptors (Lipinski definition) is 4. The third-order valence-electron chi connectivity index (χ3n) is 2.26. The average Bonchev–Trinajstić information content (AvgIpc) is 2.83. The number of carbonyl (C=O) groups is 1. The van der Waals surface area contributed by atoms with Gasteiger partial charge < -0.3 is 5.11 Å². The van der Waals surface area contributed by atoms with Crippen molar-refractivity contribution in [2.24, 2.45) is 0 Å². The van der Waals surface area contributed by atoms with Crippen LogP contribution in [0.4, 0.5) is 5.69 Å². The van der Waals surface area contributed by atoms with Crippen molar-refractivity contribution in [3.05, 3.63) is 44.2 Å². The molecule has 0 atom stereocenters. The Labute approximate surface area is 135 Å². The minimum atomic E-state index is -3.80. The molecule has 0 bridgehead atoms. The molecule has 0 saturated heterocycles. The van der Waals surface area contributed by atoms with Gasteiger partial charge in [-0.25, -0.2) is 13.2 Å². The van der Waals surface area contributed by atoms with Crippen molar-refractivity contribution in [3.8, 4) is 0 Å². The summed E-state index contributed by atoms with van der Waals surface area (Å²) < 4.78 is 28.0. The van der Waals surface area contributed by atoms with E-state index in [0.29, 0.717) is 10.2 Å². The third kappa shape index (κ3) is 3.40. The van der Waals surface area contributed by atoms with E-state index in [2.05, 4.69) is 36.6 Å². The van der Waals surface area contributed by atoms with Gasteiger partial charge in [-0.05, 0) is 40.2 Å². The highest BCUT2D eigenvalue weighted by Gasteiger charge is 2.20. The van der Waals surface area contributed by atoms with Crippen LogP contribution < -0.4 is 4.72 Å². The van der Waals surface area contributed by atoms with Gasteiger partial charge in [-0.15, -0.1) is 11.3 Å². The number of aromatic carboxylic acids is 1. The van der Waals surface area contributed by atoms with E-state index < -0.39 is 16.0 Å². The zero-order chi connectivity index (χ0) is 14.9. The molecule has 1 aromatic carbocycles. The zero-order valence-corrected chi connectivity index (χ0v) is 14.4. The summed E-state index contributed by atoms with van der Waals surface area (Å²) in [6.45, 7) is 0. The Morgan fingerprint density at radius 3 is 2.50 bits per heavy atom. The molecule has 5 nitrogen and oxygen atoms in total. The van der Waals surface area contributed by atoms with Gasteiger partial charge >= 0.3 is 5.97 Å². The van der Waals surface area contributed by atoms with Crippen molar-refractivity contribution < 1.29 is 18.3 Å². The van der Waals surface area contributed by atoms with E-state index >= 15 is 0 Å². The van der Waals surface area contributed by atoms with Crippen LogP contribution in [0, 0.1) is 0 Å². The number of benzene rings is 1. The highest BCUT2D eigenvalue weighted by molar-refractivity contribution is 9.11. The second kappa shape index (κ2) is 5.84. The van der Waals surface area contributed by atoms with Crippen LogP contribution in [0.25, 0.3) is 0 Å². The Balaban J connectivity index is 2.33. The van der Waals surface area contributed by atoms with Gasteiger partial charge in [0, 0.05) is 14.3 Å². The number of halogens is 2. The van der Waals surface area contributed by atoms with Crippen LogP contribution in [0.5, 0.6) is 0 Å². The first-order valence-electron chi connectivity index (χ1n) is 5.09. The third-order valence-corrected chi connectivity index (χ3v) is 6.22. The molecule has 2 aromatic rings. The Hall–Kier alpha value is -0.900. The van der Waals surface area contributed by atoms with Crippen molar-refractivity contribution in [2.75, 3.05) is 4.72 Å². The van der Waals surface area contributed by atoms with Gasteiger partial charge in [-0.1, -0.05) is 15.9 Å². The summed E-state index contributed by atoms with van der Waals surface area (Å²) in [6, 6.07) is 6.12. The molecule has 0 spiro atoms. The van der Waals surface area contributed by atoms with Crippen LogP contribution in [-0.4, -0.2) is 19.5 Å². The van der Waals surface area contributed by atoms with E-state index in [9.17, 15) is 13.2 Å². The summed E-state index contributed by atoms with van der Waals surface area (Å²) in [5, 5.41) is 10.1.